The minimum absolute atomic E-state index is 0.675. The SMILES string of the molecule is CN(C)CCOc1ccccc1CNCc1cccc(C#N)c1. The highest BCUT2D eigenvalue weighted by Crippen LogP contribution is 2.17. The van der Waals surface area contributed by atoms with Gasteiger partial charge in [-0.1, -0.05) is 30.3 Å². The van der Waals surface area contributed by atoms with E-state index in [4.69, 9.17) is 10.00 Å². The molecule has 0 aliphatic carbocycles. The predicted octanol–water partition coefficient (Wildman–Crippen LogP) is 2.79. The third kappa shape index (κ3) is 5.74. The summed E-state index contributed by atoms with van der Waals surface area (Å²) >= 11 is 0. The van der Waals surface area contributed by atoms with Gasteiger partial charge in [0, 0.05) is 25.2 Å². The molecule has 4 nitrogen and oxygen atoms in total. The van der Waals surface area contributed by atoms with Crippen molar-refractivity contribution in [2.45, 2.75) is 13.1 Å². The number of benzene rings is 2. The van der Waals surface area contributed by atoms with E-state index < -0.39 is 0 Å². The van der Waals surface area contributed by atoms with Crippen LogP contribution < -0.4 is 10.1 Å². The highest BCUT2D eigenvalue weighted by atomic mass is 16.5. The summed E-state index contributed by atoms with van der Waals surface area (Å²) in [6.45, 7) is 3.02. The Kier molecular flexibility index (Phi) is 6.61. The largest absolute Gasteiger partial charge is 0.492 e. The molecule has 0 heterocycles. The van der Waals surface area contributed by atoms with Crippen LogP contribution in [0, 0.1) is 11.3 Å². The molecule has 2 aromatic carbocycles. The molecule has 4 heteroatoms. The van der Waals surface area contributed by atoms with Crippen molar-refractivity contribution in [2.75, 3.05) is 27.2 Å². The molecule has 0 saturated carbocycles. The molecular formula is C19H23N3O. The van der Waals surface area contributed by atoms with Gasteiger partial charge in [-0.25, -0.2) is 0 Å². The van der Waals surface area contributed by atoms with Crippen LogP contribution in [0.1, 0.15) is 16.7 Å². The summed E-state index contributed by atoms with van der Waals surface area (Å²) < 4.78 is 5.86. The van der Waals surface area contributed by atoms with Gasteiger partial charge in [0.15, 0.2) is 0 Å². The lowest BCUT2D eigenvalue weighted by Crippen LogP contribution is -2.20. The molecule has 0 spiro atoms. The van der Waals surface area contributed by atoms with E-state index >= 15 is 0 Å². The summed E-state index contributed by atoms with van der Waals surface area (Å²) in [4.78, 5) is 2.10. The first-order chi connectivity index (χ1) is 11.2. The van der Waals surface area contributed by atoms with Crippen molar-refractivity contribution in [3.63, 3.8) is 0 Å². The Morgan fingerprint density at radius 1 is 1.09 bits per heavy atom. The second kappa shape index (κ2) is 8.94. The molecule has 1 N–H and O–H groups in total. The normalized spacial score (nSPS) is 10.5. The molecule has 120 valence electrons. The zero-order chi connectivity index (χ0) is 16.5. The molecule has 0 amide bonds. The number of para-hydroxylation sites is 1. The van der Waals surface area contributed by atoms with Crippen molar-refractivity contribution in [2.24, 2.45) is 0 Å². The number of ether oxygens (including phenoxy) is 1. The summed E-state index contributed by atoms with van der Waals surface area (Å²) in [6.07, 6.45) is 0. The zero-order valence-corrected chi connectivity index (χ0v) is 13.7. The molecule has 0 aliphatic rings. The maximum Gasteiger partial charge on any atom is 0.123 e. The van der Waals surface area contributed by atoms with Crippen LogP contribution in [-0.4, -0.2) is 32.1 Å². The zero-order valence-electron chi connectivity index (χ0n) is 13.7. The Morgan fingerprint density at radius 2 is 1.91 bits per heavy atom. The number of nitrogens with zero attached hydrogens (tertiary/aromatic N) is 2. The van der Waals surface area contributed by atoms with Crippen LogP contribution in [-0.2, 0) is 13.1 Å². The molecule has 0 radical (unpaired) electrons. The van der Waals surface area contributed by atoms with Crippen LogP contribution in [0.15, 0.2) is 48.5 Å². The Labute approximate surface area is 138 Å². The second-order valence-corrected chi connectivity index (χ2v) is 5.68. The Hall–Kier alpha value is -2.35. The fraction of sp³-hybridized carbons (Fsp3) is 0.316. The third-order valence-electron chi connectivity index (χ3n) is 3.47. The van der Waals surface area contributed by atoms with Crippen LogP contribution in [0.25, 0.3) is 0 Å². The van der Waals surface area contributed by atoms with Gasteiger partial charge in [-0.3, -0.25) is 0 Å². The monoisotopic (exact) mass is 309 g/mol. The van der Waals surface area contributed by atoms with Crippen molar-refractivity contribution in [1.29, 1.82) is 5.26 Å². The van der Waals surface area contributed by atoms with Crippen LogP contribution in [0.3, 0.4) is 0 Å². The van der Waals surface area contributed by atoms with Gasteiger partial charge in [-0.2, -0.15) is 5.26 Å². The van der Waals surface area contributed by atoms with E-state index in [1.54, 1.807) is 0 Å². The average Bonchev–Trinajstić information content (AvgIpc) is 2.56. The molecule has 0 aliphatic heterocycles. The topological polar surface area (TPSA) is 48.3 Å². The number of likely N-dealkylation sites (N-methyl/N-ethyl adjacent to an activating group) is 1. The van der Waals surface area contributed by atoms with Gasteiger partial charge < -0.3 is 15.0 Å². The lowest BCUT2D eigenvalue weighted by molar-refractivity contribution is 0.259. The van der Waals surface area contributed by atoms with E-state index in [-0.39, 0.29) is 0 Å². The van der Waals surface area contributed by atoms with Gasteiger partial charge >= 0.3 is 0 Å². The van der Waals surface area contributed by atoms with Gasteiger partial charge in [-0.05, 0) is 37.9 Å². The van der Waals surface area contributed by atoms with E-state index in [2.05, 4.69) is 22.4 Å². The number of rotatable bonds is 8. The molecule has 0 atom stereocenters. The Balaban J connectivity index is 1.88. The summed E-state index contributed by atoms with van der Waals surface area (Å²) in [6, 6.07) is 17.9. The summed E-state index contributed by atoms with van der Waals surface area (Å²) in [5, 5.41) is 12.3. The fourth-order valence-electron chi connectivity index (χ4n) is 2.22. The fourth-order valence-corrected chi connectivity index (χ4v) is 2.22. The van der Waals surface area contributed by atoms with E-state index in [0.29, 0.717) is 12.2 Å². The quantitative estimate of drug-likeness (QED) is 0.814. The van der Waals surface area contributed by atoms with E-state index in [9.17, 15) is 0 Å². The minimum atomic E-state index is 0.675. The van der Waals surface area contributed by atoms with E-state index in [0.717, 1.165) is 36.5 Å². The Morgan fingerprint density at radius 3 is 2.70 bits per heavy atom. The van der Waals surface area contributed by atoms with Crippen LogP contribution in [0.5, 0.6) is 5.75 Å². The maximum atomic E-state index is 8.93. The van der Waals surface area contributed by atoms with Crippen molar-refractivity contribution >= 4 is 0 Å². The standard InChI is InChI=1S/C19H23N3O/c1-22(2)10-11-23-19-9-4-3-8-18(19)15-21-14-17-7-5-6-16(12-17)13-20/h3-9,12,21H,10-11,14-15H2,1-2H3. The van der Waals surface area contributed by atoms with E-state index in [1.807, 2.05) is 56.6 Å². The smallest absolute Gasteiger partial charge is 0.123 e. The van der Waals surface area contributed by atoms with Crippen molar-refractivity contribution < 1.29 is 4.74 Å². The first kappa shape index (κ1) is 17.0. The molecular weight excluding hydrogens is 286 g/mol. The lowest BCUT2D eigenvalue weighted by atomic mass is 10.1. The highest BCUT2D eigenvalue weighted by Gasteiger charge is 2.03. The molecule has 0 unspecified atom stereocenters. The van der Waals surface area contributed by atoms with E-state index in [1.165, 1.54) is 0 Å². The molecule has 23 heavy (non-hydrogen) atoms. The van der Waals surface area contributed by atoms with Crippen LogP contribution in [0.2, 0.25) is 0 Å². The summed E-state index contributed by atoms with van der Waals surface area (Å²) in [5.41, 5.74) is 2.94. The van der Waals surface area contributed by atoms with Gasteiger partial charge in [0.2, 0.25) is 0 Å². The Bertz CT molecular complexity index is 662. The number of nitrogens with one attached hydrogen (secondary N) is 1. The van der Waals surface area contributed by atoms with Crippen molar-refractivity contribution in [3.05, 3.63) is 65.2 Å². The molecule has 0 fully saturated rings. The van der Waals surface area contributed by atoms with Gasteiger partial charge in [-0.15, -0.1) is 0 Å². The highest BCUT2D eigenvalue weighted by molar-refractivity contribution is 5.34. The first-order valence-corrected chi connectivity index (χ1v) is 7.74. The number of nitriles is 1. The van der Waals surface area contributed by atoms with Crippen molar-refractivity contribution in [1.82, 2.24) is 10.2 Å². The lowest BCUT2D eigenvalue weighted by Gasteiger charge is -2.14. The van der Waals surface area contributed by atoms with Gasteiger partial charge in [0.25, 0.3) is 0 Å². The average molecular weight is 309 g/mol. The third-order valence-corrected chi connectivity index (χ3v) is 3.47. The second-order valence-electron chi connectivity index (χ2n) is 5.68. The number of hydrogen-bond donors (Lipinski definition) is 1. The molecule has 0 aromatic heterocycles. The van der Waals surface area contributed by atoms with Crippen LogP contribution >= 0.6 is 0 Å². The van der Waals surface area contributed by atoms with Crippen LogP contribution in [0.4, 0.5) is 0 Å². The van der Waals surface area contributed by atoms with Gasteiger partial charge in [0.05, 0.1) is 11.6 Å². The molecule has 2 rings (SSSR count). The number of hydrogen-bond acceptors (Lipinski definition) is 4. The maximum absolute atomic E-state index is 8.93. The summed E-state index contributed by atoms with van der Waals surface area (Å²) in [7, 11) is 4.07. The molecule has 0 bridgehead atoms. The minimum Gasteiger partial charge on any atom is -0.492 e. The van der Waals surface area contributed by atoms with Gasteiger partial charge in [0.1, 0.15) is 12.4 Å². The summed E-state index contributed by atoms with van der Waals surface area (Å²) in [5.74, 6) is 0.924. The predicted molar refractivity (Wildman–Crippen MR) is 92.2 cm³/mol. The first-order valence-electron chi connectivity index (χ1n) is 7.74. The molecule has 2 aromatic rings. The van der Waals surface area contributed by atoms with Crippen molar-refractivity contribution in [3.8, 4) is 11.8 Å². The molecule has 0 saturated heterocycles.